The second kappa shape index (κ2) is 6.37. The molecule has 2 N–H and O–H groups in total. The molecule has 0 saturated carbocycles. The van der Waals surface area contributed by atoms with Crippen LogP contribution in [-0.2, 0) is 4.79 Å². The highest BCUT2D eigenvalue weighted by Gasteiger charge is 2.44. The molecule has 1 spiro atoms. The van der Waals surface area contributed by atoms with E-state index < -0.39 is 11.1 Å². The fourth-order valence-electron chi connectivity index (χ4n) is 4.22. The highest BCUT2D eigenvalue weighted by atomic mass is 16.2. The van der Waals surface area contributed by atoms with Gasteiger partial charge in [-0.25, -0.2) is 0 Å². The van der Waals surface area contributed by atoms with E-state index >= 15 is 0 Å². The molecule has 2 saturated heterocycles. The number of benzene rings is 1. The zero-order chi connectivity index (χ0) is 19.2. The van der Waals surface area contributed by atoms with Gasteiger partial charge in [-0.1, -0.05) is 0 Å². The van der Waals surface area contributed by atoms with Crippen LogP contribution >= 0.6 is 0 Å². The Balaban J connectivity index is 1.51. The summed E-state index contributed by atoms with van der Waals surface area (Å²) in [5, 5.41) is 0. The monoisotopic (exact) mass is 370 g/mol. The number of nitrogens with zero attached hydrogens (tertiary/aromatic N) is 2. The lowest BCUT2D eigenvalue weighted by Gasteiger charge is -2.38. The number of carbonyl (C=O) groups excluding carboxylic acids is 2. The van der Waals surface area contributed by atoms with Crippen molar-refractivity contribution < 1.29 is 9.59 Å². The first-order chi connectivity index (χ1) is 12.9. The third-order valence-corrected chi connectivity index (χ3v) is 5.87. The largest absolute Gasteiger partial charge is 0.342 e. The Morgan fingerprint density at radius 1 is 1.07 bits per heavy atom. The van der Waals surface area contributed by atoms with Crippen LogP contribution in [0.15, 0.2) is 27.8 Å². The maximum absolute atomic E-state index is 12.9. The Hall–Kier alpha value is -2.90. The van der Waals surface area contributed by atoms with Crippen LogP contribution in [-0.4, -0.2) is 57.8 Å². The van der Waals surface area contributed by atoms with Crippen molar-refractivity contribution in [3.63, 3.8) is 0 Å². The topological polar surface area (TPSA) is 106 Å². The van der Waals surface area contributed by atoms with Crippen molar-refractivity contribution in [2.75, 3.05) is 26.2 Å². The zero-order valence-electron chi connectivity index (χ0n) is 15.2. The summed E-state index contributed by atoms with van der Waals surface area (Å²) in [6.07, 6.45) is 2.21. The predicted molar refractivity (Wildman–Crippen MR) is 99.6 cm³/mol. The van der Waals surface area contributed by atoms with Crippen LogP contribution < -0.4 is 11.1 Å². The molecule has 2 aliphatic rings. The molecule has 0 bridgehead atoms. The molecule has 2 aliphatic heterocycles. The molecule has 0 unspecified atom stereocenters. The SMILES string of the molecule is CCN1CC2(CCN(C(=O)c3ccc4[nH]c(=O)c(=O)[nH]c4c3)CC2)CC1=O. The number of hydrogen-bond acceptors (Lipinski definition) is 4. The third kappa shape index (κ3) is 3.05. The number of H-pyrrole nitrogens is 2. The Morgan fingerprint density at radius 2 is 1.74 bits per heavy atom. The molecule has 0 aliphatic carbocycles. The van der Waals surface area contributed by atoms with E-state index in [0.717, 1.165) is 25.9 Å². The zero-order valence-corrected chi connectivity index (χ0v) is 15.2. The van der Waals surface area contributed by atoms with E-state index in [1.165, 1.54) is 0 Å². The number of amides is 2. The number of nitrogens with one attached hydrogen (secondary N) is 2. The van der Waals surface area contributed by atoms with Crippen molar-refractivity contribution in [2.24, 2.45) is 5.41 Å². The Bertz CT molecular complexity index is 1030. The maximum Gasteiger partial charge on any atom is 0.314 e. The van der Waals surface area contributed by atoms with Gasteiger partial charge in [0.05, 0.1) is 11.0 Å². The summed E-state index contributed by atoms with van der Waals surface area (Å²) >= 11 is 0. The number of piperidine rings is 1. The highest BCUT2D eigenvalue weighted by Crippen LogP contribution is 2.41. The molecular weight excluding hydrogens is 348 g/mol. The van der Waals surface area contributed by atoms with Crippen LogP contribution in [0.1, 0.15) is 36.5 Å². The molecule has 2 aromatic rings. The van der Waals surface area contributed by atoms with Crippen LogP contribution in [0.5, 0.6) is 0 Å². The standard InChI is InChI=1S/C19H22N4O4/c1-2-22-11-19(10-15(22)24)5-7-23(8-6-19)18(27)12-3-4-13-14(9-12)21-17(26)16(25)20-13/h3-4,9H,2,5-8,10-11H2,1H3,(H,20,25)(H,21,26). The molecular formula is C19H22N4O4. The lowest BCUT2D eigenvalue weighted by atomic mass is 9.77. The van der Waals surface area contributed by atoms with Gasteiger partial charge < -0.3 is 19.8 Å². The number of carbonyl (C=O) groups is 2. The first-order valence-corrected chi connectivity index (χ1v) is 9.24. The minimum Gasteiger partial charge on any atom is -0.342 e. The van der Waals surface area contributed by atoms with Crippen LogP contribution in [0.3, 0.4) is 0 Å². The highest BCUT2D eigenvalue weighted by molar-refractivity contribution is 5.97. The average Bonchev–Trinajstić information content (AvgIpc) is 2.97. The van der Waals surface area contributed by atoms with Gasteiger partial charge in [-0.05, 0) is 38.0 Å². The molecule has 0 radical (unpaired) electrons. The van der Waals surface area contributed by atoms with Crippen molar-refractivity contribution in [2.45, 2.75) is 26.2 Å². The van der Waals surface area contributed by atoms with Crippen molar-refractivity contribution in [3.05, 3.63) is 44.5 Å². The molecule has 8 heteroatoms. The molecule has 4 rings (SSSR count). The van der Waals surface area contributed by atoms with E-state index in [9.17, 15) is 19.2 Å². The second-order valence-electron chi connectivity index (χ2n) is 7.55. The van der Waals surface area contributed by atoms with Crippen LogP contribution in [0.4, 0.5) is 0 Å². The number of aromatic amines is 2. The smallest absolute Gasteiger partial charge is 0.314 e. The van der Waals surface area contributed by atoms with Gasteiger partial charge in [0.1, 0.15) is 0 Å². The first-order valence-electron chi connectivity index (χ1n) is 9.24. The quantitative estimate of drug-likeness (QED) is 0.759. The summed E-state index contributed by atoms with van der Waals surface area (Å²) in [4.78, 5) is 56.5. The van der Waals surface area contributed by atoms with Crippen molar-refractivity contribution >= 4 is 22.8 Å². The summed E-state index contributed by atoms with van der Waals surface area (Å²) in [6, 6.07) is 4.87. The number of rotatable bonds is 2. The van der Waals surface area contributed by atoms with Gasteiger partial charge in [0, 0.05) is 43.6 Å². The van der Waals surface area contributed by atoms with Crippen molar-refractivity contribution in [1.29, 1.82) is 0 Å². The molecule has 2 fully saturated rings. The molecule has 1 aromatic carbocycles. The van der Waals surface area contributed by atoms with Crippen LogP contribution in [0, 0.1) is 5.41 Å². The van der Waals surface area contributed by atoms with E-state index in [-0.39, 0.29) is 17.2 Å². The fourth-order valence-corrected chi connectivity index (χ4v) is 4.22. The minimum absolute atomic E-state index is 0.00200. The summed E-state index contributed by atoms with van der Waals surface area (Å²) in [5.41, 5.74) is -0.0676. The number of fused-ring (bicyclic) bond motifs is 1. The summed E-state index contributed by atoms with van der Waals surface area (Å²) in [7, 11) is 0. The van der Waals surface area contributed by atoms with E-state index in [1.807, 2.05) is 11.8 Å². The first kappa shape index (κ1) is 17.5. The molecule has 1 aromatic heterocycles. The summed E-state index contributed by atoms with van der Waals surface area (Å²) in [5.74, 6) is 0.111. The minimum atomic E-state index is -0.738. The average molecular weight is 370 g/mol. The van der Waals surface area contributed by atoms with Gasteiger partial charge in [-0.15, -0.1) is 0 Å². The Morgan fingerprint density at radius 3 is 2.37 bits per heavy atom. The van der Waals surface area contributed by atoms with E-state index in [1.54, 1.807) is 23.1 Å². The lowest BCUT2D eigenvalue weighted by molar-refractivity contribution is -0.127. The van der Waals surface area contributed by atoms with Crippen LogP contribution in [0.2, 0.25) is 0 Å². The molecule has 3 heterocycles. The van der Waals surface area contributed by atoms with Gasteiger partial charge in [0.15, 0.2) is 0 Å². The van der Waals surface area contributed by atoms with E-state index in [0.29, 0.717) is 36.1 Å². The van der Waals surface area contributed by atoms with Crippen molar-refractivity contribution in [3.8, 4) is 0 Å². The molecule has 8 nitrogen and oxygen atoms in total. The summed E-state index contributed by atoms with van der Waals surface area (Å²) < 4.78 is 0. The molecule has 2 amide bonds. The third-order valence-electron chi connectivity index (χ3n) is 5.87. The van der Waals surface area contributed by atoms with E-state index in [4.69, 9.17) is 0 Å². The maximum atomic E-state index is 12.9. The number of hydrogen-bond donors (Lipinski definition) is 2. The fraction of sp³-hybridized carbons (Fsp3) is 0.474. The van der Waals surface area contributed by atoms with Gasteiger partial charge >= 0.3 is 11.1 Å². The van der Waals surface area contributed by atoms with Gasteiger partial charge in [-0.3, -0.25) is 19.2 Å². The Kier molecular flexibility index (Phi) is 4.13. The van der Waals surface area contributed by atoms with Gasteiger partial charge in [0.2, 0.25) is 5.91 Å². The van der Waals surface area contributed by atoms with Gasteiger partial charge in [-0.2, -0.15) is 0 Å². The van der Waals surface area contributed by atoms with Crippen molar-refractivity contribution in [1.82, 2.24) is 19.8 Å². The van der Waals surface area contributed by atoms with E-state index in [2.05, 4.69) is 9.97 Å². The predicted octanol–water partition coefficient (Wildman–Crippen LogP) is 0.691. The molecule has 142 valence electrons. The number of likely N-dealkylation sites (tertiary alicyclic amines) is 2. The van der Waals surface area contributed by atoms with Crippen LogP contribution in [0.25, 0.3) is 11.0 Å². The molecule has 27 heavy (non-hydrogen) atoms. The van der Waals surface area contributed by atoms with Gasteiger partial charge in [0.25, 0.3) is 5.91 Å². The lowest BCUT2D eigenvalue weighted by Crippen LogP contribution is -2.44. The number of aromatic nitrogens is 2. The normalized spacial score (nSPS) is 19.2. The molecule has 0 atom stereocenters. The summed E-state index contributed by atoms with van der Waals surface area (Å²) in [6.45, 7) is 4.75. The Labute approximate surface area is 155 Å². The second-order valence-corrected chi connectivity index (χ2v) is 7.55.